The second-order valence-corrected chi connectivity index (χ2v) is 4.58. The Kier molecular flexibility index (Phi) is 4.48. The number of aliphatic carboxylic acids is 1. The van der Waals surface area contributed by atoms with Crippen LogP contribution in [0.3, 0.4) is 0 Å². The Morgan fingerprint density at radius 2 is 1.95 bits per heavy atom. The van der Waals surface area contributed by atoms with Gasteiger partial charge in [0.15, 0.2) is 6.04 Å². The molecule has 5 heteroatoms. The summed E-state index contributed by atoms with van der Waals surface area (Å²) < 4.78 is 5.11. The molecule has 0 spiro atoms. The minimum Gasteiger partial charge on any atom is -0.497 e. The van der Waals surface area contributed by atoms with Gasteiger partial charge in [-0.15, -0.1) is 0 Å². The van der Waals surface area contributed by atoms with Crippen LogP contribution < -0.4 is 10.1 Å². The van der Waals surface area contributed by atoms with Crippen molar-refractivity contribution in [1.82, 2.24) is 0 Å². The van der Waals surface area contributed by atoms with Crippen LogP contribution in [-0.2, 0) is 4.79 Å². The summed E-state index contributed by atoms with van der Waals surface area (Å²) in [5.74, 6) is -0.371. The van der Waals surface area contributed by atoms with Gasteiger partial charge in [-0.05, 0) is 17.7 Å². The minimum atomic E-state index is -0.977. The molecule has 2 aromatic carbocycles. The average molecular weight is 292 g/mol. The van der Waals surface area contributed by atoms with Crippen LogP contribution in [0.15, 0.2) is 48.5 Å². The predicted molar refractivity (Wildman–Crippen MR) is 78.4 cm³/mol. The maximum absolute atomic E-state index is 11.4. The third-order valence-corrected chi connectivity index (χ3v) is 3.18. The van der Waals surface area contributed by atoms with Gasteiger partial charge in [-0.1, -0.05) is 41.9 Å². The van der Waals surface area contributed by atoms with Crippen LogP contribution in [0.4, 0.5) is 5.69 Å². The van der Waals surface area contributed by atoms with E-state index >= 15 is 0 Å². The van der Waals surface area contributed by atoms with E-state index in [4.69, 9.17) is 16.3 Å². The number of nitrogens with one attached hydrogen (secondary N) is 1. The Labute approximate surface area is 122 Å². The molecule has 0 radical (unpaired) electrons. The number of ether oxygens (including phenoxy) is 1. The smallest absolute Gasteiger partial charge is 0.330 e. The Morgan fingerprint density at radius 1 is 1.25 bits per heavy atom. The lowest BCUT2D eigenvalue weighted by Crippen LogP contribution is -2.20. The molecule has 0 heterocycles. The predicted octanol–water partition coefficient (Wildman–Crippen LogP) is 3.59. The summed E-state index contributed by atoms with van der Waals surface area (Å²) in [7, 11) is 1.54. The molecule has 0 aromatic heterocycles. The lowest BCUT2D eigenvalue weighted by atomic mass is 10.1. The lowest BCUT2D eigenvalue weighted by molar-refractivity contribution is -0.138. The fourth-order valence-electron chi connectivity index (χ4n) is 1.83. The van der Waals surface area contributed by atoms with Gasteiger partial charge in [0.1, 0.15) is 5.75 Å². The van der Waals surface area contributed by atoms with Gasteiger partial charge in [-0.2, -0.15) is 0 Å². The van der Waals surface area contributed by atoms with Gasteiger partial charge >= 0.3 is 5.97 Å². The number of halogens is 1. The fourth-order valence-corrected chi connectivity index (χ4v) is 2.00. The van der Waals surface area contributed by atoms with Crippen LogP contribution in [0.1, 0.15) is 11.6 Å². The van der Waals surface area contributed by atoms with Crippen molar-refractivity contribution in [3.63, 3.8) is 0 Å². The van der Waals surface area contributed by atoms with E-state index in [1.807, 2.05) is 6.07 Å². The molecular formula is C15H14ClNO3. The molecule has 1 unspecified atom stereocenters. The van der Waals surface area contributed by atoms with Crippen LogP contribution in [0.2, 0.25) is 5.02 Å². The van der Waals surface area contributed by atoms with Crippen LogP contribution in [0.25, 0.3) is 0 Å². The number of anilines is 1. The summed E-state index contributed by atoms with van der Waals surface area (Å²) in [4.78, 5) is 11.4. The van der Waals surface area contributed by atoms with Crippen molar-refractivity contribution in [2.75, 3.05) is 12.4 Å². The molecule has 0 aliphatic carbocycles. The molecule has 2 aromatic rings. The third-order valence-electron chi connectivity index (χ3n) is 2.85. The highest BCUT2D eigenvalue weighted by atomic mass is 35.5. The maximum atomic E-state index is 11.4. The number of hydrogen-bond acceptors (Lipinski definition) is 3. The van der Waals surface area contributed by atoms with Crippen molar-refractivity contribution in [2.45, 2.75) is 6.04 Å². The van der Waals surface area contributed by atoms with Gasteiger partial charge in [0.25, 0.3) is 0 Å². The molecule has 1 atom stereocenters. The first-order valence-electron chi connectivity index (χ1n) is 5.99. The molecule has 20 heavy (non-hydrogen) atoms. The molecular weight excluding hydrogens is 278 g/mol. The van der Waals surface area contributed by atoms with E-state index in [1.165, 1.54) is 0 Å². The van der Waals surface area contributed by atoms with E-state index < -0.39 is 12.0 Å². The number of methoxy groups -OCH3 is 1. The molecule has 0 saturated carbocycles. The Balaban J connectivity index is 2.32. The molecule has 4 nitrogen and oxygen atoms in total. The zero-order valence-electron chi connectivity index (χ0n) is 10.8. The summed E-state index contributed by atoms with van der Waals surface area (Å²) >= 11 is 6.08. The highest BCUT2D eigenvalue weighted by molar-refractivity contribution is 6.33. The quantitative estimate of drug-likeness (QED) is 0.884. The summed E-state index contributed by atoms with van der Waals surface area (Å²) in [6, 6.07) is 13.1. The van der Waals surface area contributed by atoms with Crippen molar-refractivity contribution < 1.29 is 14.6 Å². The number of hydrogen-bond donors (Lipinski definition) is 2. The van der Waals surface area contributed by atoms with Gasteiger partial charge < -0.3 is 15.2 Å². The number of carboxylic acid groups (broad SMARTS) is 1. The van der Waals surface area contributed by atoms with E-state index in [0.29, 0.717) is 22.0 Å². The van der Waals surface area contributed by atoms with Gasteiger partial charge in [0, 0.05) is 6.07 Å². The molecule has 2 N–H and O–H groups in total. The highest BCUT2D eigenvalue weighted by Crippen LogP contribution is 2.30. The maximum Gasteiger partial charge on any atom is 0.330 e. The van der Waals surface area contributed by atoms with E-state index in [2.05, 4.69) is 5.32 Å². The molecule has 0 saturated heterocycles. The normalized spacial score (nSPS) is 11.7. The van der Waals surface area contributed by atoms with Gasteiger partial charge in [-0.3, -0.25) is 0 Å². The molecule has 2 rings (SSSR count). The summed E-state index contributed by atoms with van der Waals surface area (Å²) in [6.07, 6.45) is 0. The number of carboxylic acids is 1. The number of rotatable bonds is 5. The van der Waals surface area contributed by atoms with E-state index in [1.54, 1.807) is 49.6 Å². The lowest BCUT2D eigenvalue weighted by Gasteiger charge is -2.17. The fraction of sp³-hybridized carbons (Fsp3) is 0.133. The van der Waals surface area contributed by atoms with Crippen LogP contribution in [-0.4, -0.2) is 18.2 Å². The monoisotopic (exact) mass is 291 g/mol. The van der Waals surface area contributed by atoms with Gasteiger partial charge in [-0.25, -0.2) is 4.79 Å². The van der Waals surface area contributed by atoms with Crippen molar-refractivity contribution in [2.24, 2.45) is 0 Å². The minimum absolute atomic E-state index is 0.438. The van der Waals surface area contributed by atoms with Crippen molar-refractivity contribution >= 4 is 23.3 Å². The first-order valence-corrected chi connectivity index (χ1v) is 6.37. The highest BCUT2D eigenvalue weighted by Gasteiger charge is 2.20. The van der Waals surface area contributed by atoms with Crippen molar-refractivity contribution in [3.05, 3.63) is 59.1 Å². The standard InChI is InChI=1S/C15H14ClNO3/c1-20-11-7-8-12(16)13(9-11)17-14(15(18)19)10-5-3-2-4-6-10/h2-9,14,17H,1H3,(H,18,19). The Hall–Kier alpha value is -2.20. The van der Waals surface area contributed by atoms with Crippen LogP contribution in [0.5, 0.6) is 5.75 Å². The second-order valence-electron chi connectivity index (χ2n) is 4.17. The molecule has 0 fully saturated rings. The number of benzene rings is 2. The van der Waals surface area contributed by atoms with E-state index in [0.717, 1.165) is 0 Å². The number of carbonyl (C=O) groups is 1. The van der Waals surface area contributed by atoms with Crippen LogP contribution in [0, 0.1) is 0 Å². The largest absolute Gasteiger partial charge is 0.497 e. The molecule has 0 aliphatic rings. The zero-order valence-corrected chi connectivity index (χ0v) is 11.6. The van der Waals surface area contributed by atoms with E-state index in [-0.39, 0.29) is 0 Å². The summed E-state index contributed by atoms with van der Waals surface area (Å²) in [5, 5.41) is 12.7. The van der Waals surface area contributed by atoms with Gasteiger partial charge in [0.2, 0.25) is 0 Å². The average Bonchev–Trinajstić information content (AvgIpc) is 2.47. The summed E-state index contributed by atoms with van der Waals surface area (Å²) in [6.45, 7) is 0. The Morgan fingerprint density at radius 3 is 2.55 bits per heavy atom. The van der Waals surface area contributed by atoms with Crippen molar-refractivity contribution in [1.29, 1.82) is 0 Å². The SMILES string of the molecule is COc1ccc(Cl)c(NC(C(=O)O)c2ccccc2)c1. The second kappa shape index (κ2) is 6.30. The first-order chi connectivity index (χ1) is 9.61. The summed E-state index contributed by atoms with van der Waals surface area (Å²) in [5.41, 5.74) is 1.17. The molecule has 0 amide bonds. The third kappa shape index (κ3) is 3.22. The molecule has 0 aliphatic heterocycles. The van der Waals surface area contributed by atoms with Crippen molar-refractivity contribution in [3.8, 4) is 5.75 Å². The topological polar surface area (TPSA) is 58.6 Å². The van der Waals surface area contributed by atoms with E-state index in [9.17, 15) is 9.90 Å². The zero-order chi connectivity index (χ0) is 14.5. The Bertz CT molecular complexity index is 601. The molecule has 104 valence electrons. The molecule has 0 bridgehead atoms. The first kappa shape index (κ1) is 14.2. The van der Waals surface area contributed by atoms with Crippen LogP contribution >= 0.6 is 11.6 Å². The van der Waals surface area contributed by atoms with Gasteiger partial charge in [0.05, 0.1) is 17.8 Å².